The second kappa shape index (κ2) is 6.43. The van der Waals surface area contributed by atoms with Crippen LogP contribution in [0, 0.1) is 6.92 Å². The van der Waals surface area contributed by atoms with E-state index in [-0.39, 0.29) is 0 Å². The summed E-state index contributed by atoms with van der Waals surface area (Å²) >= 11 is 0. The third kappa shape index (κ3) is 3.35. The highest BCUT2D eigenvalue weighted by Gasteiger charge is 2.17. The molecule has 0 aromatic carbocycles. The molecule has 1 aliphatic carbocycles. The van der Waals surface area contributed by atoms with Gasteiger partial charge < -0.3 is 5.32 Å². The molecule has 1 fully saturated rings. The lowest BCUT2D eigenvalue weighted by Crippen LogP contribution is -2.14. The monoisotopic (exact) mass is 287 g/mol. The van der Waals surface area contributed by atoms with Gasteiger partial charge in [-0.05, 0) is 32.8 Å². The fraction of sp³-hybridized carbons (Fsp3) is 0.625. The molecule has 5 heteroatoms. The van der Waals surface area contributed by atoms with Crippen molar-refractivity contribution < 1.29 is 0 Å². The summed E-state index contributed by atoms with van der Waals surface area (Å²) in [6.45, 7) is 6.77. The fourth-order valence-electron chi connectivity index (χ4n) is 3.06. The molecule has 1 aliphatic rings. The zero-order valence-electron chi connectivity index (χ0n) is 13.0. The molecule has 3 rings (SSSR count). The number of hydrogen-bond acceptors (Lipinski definition) is 3. The van der Waals surface area contributed by atoms with Crippen molar-refractivity contribution >= 4 is 0 Å². The smallest absolute Gasteiger partial charge is 0.0762 e. The Kier molecular flexibility index (Phi) is 4.39. The molecule has 0 spiro atoms. The lowest BCUT2D eigenvalue weighted by Gasteiger charge is -2.08. The van der Waals surface area contributed by atoms with Gasteiger partial charge in [0.25, 0.3) is 0 Å². The lowest BCUT2D eigenvalue weighted by molar-refractivity contribution is 0.460. The van der Waals surface area contributed by atoms with E-state index >= 15 is 0 Å². The van der Waals surface area contributed by atoms with Crippen molar-refractivity contribution in [2.45, 2.75) is 65.2 Å². The Morgan fingerprint density at radius 1 is 1.24 bits per heavy atom. The van der Waals surface area contributed by atoms with Crippen LogP contribution < -0.4 is 5.32 Å². The van der Waals surface area contributed by atoms with E-state index < -0.39 is 0 Å². The van der Waals surface area contributed by atoms with E-state index in [9.17, 15) is 0 Å². The van der Waals surface area contributed by atoms with Crippen LogP contribution in [0.1, 0.15) is 55.6 Å². The minimum atomic E-state index is 0.629. The number of aryl methyl sites for hydroxylation is 2. The quantitative estimate of drug-likeness (QED) is 0.888. The molecule has 2 heterocycles. The minimum Gasteiger partial charge on any atom is -0.307 e. The summed E-state index contributed by atoms with van der Waals surface area (Å²) in [5.74, 6) is 0. The third-order valence-electron chi connectivity index (χ3n) is 4.36. The average Bonchev–Trinajstić information content (AvgIpc) is 3.19. The van der Waals surface area contributed by atoms with Crippen molar-refractivity contribution in [3.05, 3.63) is 35.4 Å². The molecule has 0 atom stereocenters. The summed E-state index contributed by atoms with van der Waals surface area (Å²) < 4.78 is 4.14. The van der Waals surface area contributed by atoms with Crippen LogP contribution in [0.5, 0.6) is 0 Å². The molecular weight excluding hydrogens is 262 g/mol. The topological polar surface area (TPSA) is 47.7 Å². The van der Waals surface area contributed by atoms with E-state index in [1.165, 1.54) is 31.2 Å². The molecule has 114 valence electrons. The Balaban J connectivity index is 1.52. The molecule has 2 aromatic rings. The Labute approximate surface area is 126 Å². The Bertz CT molecular complexity index is 577. The highest BCUT2D eigenvalue weighted by Crippen LogP contribution is 2.28. The first kappa shape index (κ1) is 14.3. The molecule has 5 nitrogen and oxygen atoms in total. The van der Waals surface area contributed by atoms with Crippen LogP contribution in [0.15, 0.2) is 18.5 Å². The maximum atomic E-state index is 4.70. The van der Waals surface area contributed by atoms with E-state index in [0.717, 1.165) is 31.0 Å². The third-order valence-corrected chi connectivity index (χ3v) is 4.36. The summed E-state index contributed by atoms with van der Waals surface area (Å²) in [6, 6.07) is 2.76. The maximum absolute atomic E-state index is 4.70. The lowest BCUT2D eigenvalue weighted by atomic mass is 10.2. The first-order chi connectivity index (χ1) is 10.3. The average molecular weight is 287 g/mol. The van der Waals surface area contributed by atoms with Crippen molar-refractivity contribution in [2.24, 2.45) is 0 Å². The van der Waals surface area contributed by atoms with Crippen LogP contribution in [0.2, 0.25) is 0 Å². The summed E-state index contributed by atoms with van der Waals surface area (Å²) in [5, 5.41) is 12.6. The zero-order chi connectivity index (χ0) is 14.7. The minimum absolute atomic E-state index is 0.629. The normalized spacial score (nSPS) is 15.9. The van der Waals surface area contributed by atoms with Gasteiger partial charge in [-0.15, -0.1) is 0 Å². The molecule has 1 saturated carbocycles. The summed E-state index contributed by atoms with van der Waals surface area (Å²) in [7, 11) is 0. The van der Waals surface area contributed by atoms with E-state index in [1.807, 2.05) is 4.68 Å². The van der Waals surface area contributed by atoms with Gasteiger partial charge >= 0.3 is 0 Å². The summed E-state index contributed by atoms with van der Waals surface area (Å²) in [5.41, 5.74) is 3.51. The van der Waals surface area contributed by atoms with Crippen molar-refractivity contribution in [2.75, 3.05) is 0 Å². The highest BCUT2D eigenvalue weighted by molar-refractivity contribution is 5.15. The van der Waals surface area contributed by atoms with Gasteiger partial charge in [-0.25, -0.2) is 0 Å². The first-order valence-corrected chi connectivity index (χ1v) is 8.04. The maximum Gasteiger partial charge on any atom is 0.0762 e. The standard InChI is InChI=1S/C16H25N5/c1-3-20-12-14(13(2)18-20)10-17-11-15-8-9-21(19-15)16-6-4-5-7-16/h8-9,12,16-17H,3-7,10-11H2,1-2H3. The molecular formula is C16H25N5. The molecule has 0 aliphatic heterocycles. The Hall–Kier alpha value is -1.62. The van der Waals surface area contributed by atoms with Gasteiger partial charge in [0, 0.05) is 37.6 Å². The number of nitrogens with one attached hydrogen (secondary N) is 1. The van der Waals surface area contributed by atoms with Gasteiger partial charge in [0.05, 0.1) is 17.4 Å². The summed E-state index contributed by atoms with van der Waals surface area (Å²) in [4.78, 5) is 0. The fourth-order valence-corrected chi connectivity index (χ4v) is 3.06. The van der Waals surface area contributed by atoms with Gasteiger partial charge in [0.15, 0.2) is 0 Å². The molecule has 0 radical (unpaired) electrons. The molecule has 0 unspecified atom stereocenters. The second-order valence-electron chi connectivity index (χ2n) is 5.92. The van der Waals surface area contributed by atoms with Crippen LogP contribution in [-0.4, -0.2) is 19.6 Å². The van der Waals surface area contributed by atoms with Crippen molar-refractivity contribution in [1.82, 2.24) is 24.9 Å². The molecule has 1 N–H and O–H groups in total. The number of rotatable bonds is 6. The van der Waals surface area contributed by atoms with Gasteiger partial charge in [-0.3, -0.25) is 9.36 Å². The Morgan fingerprint density at radius 3 is 2.76 bits per heavy atom. The van der Waals surface area contributed by atoms with Crippen molar-refractivity contribution in [1.29, 1.82) is 0 Å². The number of aromatic nitrogens is 4. The van der Waals surface area contributed by atoms with E-state index in [2.05, 4.69) is 47.4 Å². The van der Waals surface area contributed by atoms with E-state index in [1.54, 1.807) is 0 Å². The van der Waals surface area contributed by atoms with Crippen LogP contribution in [-0.2, 0) is 19.6 Å². The van der Waals surface area contributed by atoms with Crippen LogP contribution in [0.4, 0.5) is 0 Å². The van der Waals surface area contributed by atoms with Gasteiger partial charge in [-0.2, -0.15) is 10.2 Å². The molecule has 0 bridgehead atoms. The number of hydrogen-bond donors (Lipinski definition) is 1. The van der Waals surface area contributed by atoms with E-state index in [4.69, 9.17) is 5.10 Å². The van der Waals surface area contributed by atoms with Crippen molar-refractivity contribution in [3.63, 3.8) is 0 Å². The van der Waals surface area contributed by atoms with Crippen LogP contribution in [0.25, 0.3) is 0 Å². The van der Waals surface area contributed by atoms with Crippen molar-refractivity contribution in [3.8, 4) is 0 Å². The Morgan fingerprint density at radius 2 is 2.05 bits per heavy atom. The van der Waals surface area contributed by atoms with Crippen LogP contribution >= 0.6 is 0 Å². The van der Waals surface area contributed by atoms with Gasteiger partial charge in [0.1, 0.15) is 0 Å². The zero-order valence-corrected chi connectivity index (χ0v) is 13.0. The molecule has 0 saturated heterocycles. The molecule has 2 aromatic heterocycles. The van der Waals surface area contributed by atoms with Gasteiger partial charge in [0.2, 0.25) is 0 Å². The largest absolute Gasteiger partial charge is 0.307 e. The SMILES string of the molecule is CCn1cc(CNCc2ccn(C3CCCC3)n2)c(C)n1. The van der Waals surface area contributed by atoms with E-state index in [0.29, 0.717) is 6.04 Å². The molecule has 0 amide bonds. The summed E-state index contributed by atoms with van der Waals surface area (Å²) in [6.07, 6.45) is 9.51. The molecule has 21 heavy (non-hydrogen) atoms. The predicted octanol–water partition coefficient (Wildman–Crippen LogP) is 2.81. The second-order valence-corrected chi connectivity index (χ2v) is 5.92. The predicted molar refractivity (Wildman–Crippen MR) is 82.9 cm³/mol. The van der Waals surface area contributed by atoms with Crippen LogP contribution in [0.3, 0.4) is 0 Å². The highest BCUT2D eigenvalue weighted by atomic mass is 15.3. The van der Waals surface area contributed by atoms with Gasteiger partial charge in [-0.1, -0.05) is 12.8 Å². The first-order valence-electron chi connectivity index (χ1n) is 8.04. The number of nitrogens with zero attached hydrogens (tertiary/aromatic N) is 4.